The maximum atomic E-state index is 11.4. The molecule has 1 aliphatic rings. The summed E-state index contributed by atoms with van der Waals surface area (Å²) in [7, 11) is -3.62. The largest absolute Gasteiger partial charge is 0.357 e. The predicted molar refractivity (Wildman–Crippen MR) is 73.2 cm³/mol. The van der Waals surface area contributed by atoms with Crippen molar-refractivity contribution in [2.75, 3.05) is 6.54 Å². The lowest BCUT2D eigenvalue weighted by Gasteiger charge is -2.24. The van der Waals surface area contributed by atoms with Crippen LogP contribution < -0.4 is 5.14 Å². The Morgan fingerprint density at radius 2 is 2.17 bits per heavy atom. The molecule has 0 atom stereocenters. The van der Waals surface area contributed by atoms with Gasteiger partial charge in [-0.05, 0) is 27.6 Å². The number of nitrogens with one attached hydrogen (secondary N) is 1. The van der Waals surface area contributed by atoms with Crippen LogP contribution in [0, 0.1) is 0 Å². The summed E-state index contributed by atoms with van der Waals surface area (Å²) in [6.07, 6.45) is 0.660. The minimum atomic E-state index is -3.62. The molecule has 0 fully saturated rings. The second-order valence-electron chi connectivity index (χ2n) is 4.37. The van der Waals surface area contributed by atoms with Crippen molar-refractivity contribution < 1.29 is 8.42 Å². The van der Waals surface area contributed by atoms with Gasteiger partial charge in [0.25, 0.3) is 10.2 Å². The van der Waals surface area contributed by atoms with Crippen LogP contribution in [0.3, 0.4) is 0 Å². The van der Waals surface area contributed by atoms with Gasteiger partial charge >= 0.3 is 0 Å². The van der Waals surface area contributed by atoms with Crippen LogP contribution in [-0.4, -0.2) is 24.3 Å². The van der Waals surface area contributed by atoms with Gasteiger partial charge in [0.2, 0.25) is 0 Å². The molecular formula is C11H12BrN3O2S. The zero-order valence-corrected chi connectivity index (χ0v) is 11.9. The Morgan fingerprint density at radius 1 is 1.39 bits per heavy atom. The highest BCUT2D eigenvalue weighted by Crippen LogP contribution is 2.32. The molecule has 18 heavy (non-hydrogen) atoms. The molecule has 0 saturated carbocycles. The van der Waals surface area contributed by atoms with Crippen molar-refractivity contribution in [3.8, 4) is 0 Å². The first kappa shape index (κ1) is 12.2. The first-order chi connectivity index (χ1) is 8.47. The second-order valence-corrected chi connectivity index (χ2v) is 6.77. The van der Waals surface area contributed by atoms with E-state index in [9.17, 15) is 8.42 Å². The van der Waals surface area contributed by atoms with Crippen LogP contribution in [0.25, 0.3) is 10.9 Å². The minimum Gasteiger partial charge on any atom is -0.357 e. The Balaban J connectivity index is 2.16. The Bertz CT molecular complexity index is 723. The average molecular weight is 330 g/mol. The summed E-state index contributed by atoms with van der Waals surface area (Å²) in [5.41, 5.74) is 3.13. The lowest BCUT2D eigenvalue weighted by molar-refractivity contribution is 0.392. The standard InChI is InChI=1S/C11H12BrN3O2S/c12-9-3-1-2-7-8-6-15(18(13,16)17)5-4-10(8)14-11(7)9/h1-3,14H,4-6H2,(H2,13,16,17). The van der Waals surface area contributed by atoms with E-state index in [0.29, 0.717) is 19.5 Å². The van der Waals surface area contributed by atoms with Crippen LogP contribution in [0.1, 0.15) is 11.3 Å². The van der Waals surface area contributed by atoms with Crippen molar-refractivity contribution in [3.05, 3.63) is 33.9 Å². The van der Waals surface area contributed by atoms with Gasteiger partial charge in [0, 0.05) is 35.1 Å². The number of para-hydroxylation sites is 1. The fourth-order valence-corrected chi connectivity index (χ4v) is 3.51. The number of hydrogen-bond donors (Lipinski definition) is 2. The van der Waals surface area contributed by atoms with Crippen LogP contribution >= 0.6 is 15.9 Å². The maximum Gasteiger partial charge on any atom is 0.277 e. The molecule has 3 rings (SSSR count). The van der Waals surface area contributed by atoms with Crippen molar-refractivity contribution in [2.24, 2.45) is 5.14 Å². The van der Waals surface area contributed by atoms with Gasteiger partial charge in [-0.2, -0.15) is 12.7 Å². The molecule has 5 nitrogen and oxygen atoms in total. The van der Waals surface area contributed by atoms with Crippen molar-refractivity contribution >= 4 is 37.0 Å². The zero-order chi connectivity index (χ0) is 12.9. The molecule has 3 N–H and O–H groups in total. The predicted octanol–water partition coefficient (Wildman–Crippen LogP) is 1.49. The van der Waals surface area contributed by atoms with E-state index in [2.05, 4.69) is 20.9 Å². The molecule has 0 bridgehead atoms. The first-order valence-corrected chi connectivity index (χ1v) is 7.82. The third-order valence-corrected chi connectivity index (χ3v) is 4.98. The topological polar surface area (TPSA) is 79.2 Å². The number of halogens is 1. The summed E-state index contributed by atoms with van der Waals surface area (Å²) in [6, 6.07) is 5.89. The monoisotopic (exact) mass is 329 g/mol. The molecule has 1 aromatic heterocycles. The fourth-order valence-electron chi connectivity index (χ4n) is 2.39. The Morgan fingerprint density at radius 3 is 2.89 bits per heavy atom. The quantitative estimate of drug-likeness (QED) is 0.831. The van der Waals surface area contributed by atoms with E-state index in [1.54, 1.807) is 0 Å². The van der Waals surface area contributed by atoms with E-state index in [-0.39, 0.29) is 0 Å². The third kappa shape index (κ3) is 1.87. The van der Waals surface area contributed by atoms with Gasteiger partial charge in [0.1, 0.15) is 0 Å². The van der Waals surface area contributed by atoms with Crippen LogP contribution in [0.2, 0.25) is 0 Å². The summed E-state index contributed by atoms with van der Waals surface area (Å²) in [5, 5.41) is 6.24. The minimum absolute atomic E-state index is 0.338. The summed E-state index contributed by atoms with van der Waals surface area (Å²) >= 11 is 3.49. The number of fused-ring (bicyclic) bond motifs is 3. The lowest BCUT2D eigenvalue weighted by Crippen LogP contribution is -2.40. The molecule has 1 aromatic carbocycles. The molecule has 0 aliphatic carbocycles. The highest BCUT2D eigenvalue weighted by molar-refractivity contribution is 9.10. The van der Waals surface area contributed by atoms with Crippen molar-refractivity contribution in [1.29, 1.82) is 0 Å². The average Bonchev–Trinajstić information content (AvgIpc) is 2.67. The van der Waals surface area contributed by atoms with E-state index in [1.807, 2.05) is 18.2 Å². The molecule has 2 heterocycles. The second kappa shape index (κ2) is 4.06. The molecule has 7 heteroatoms. The van der Waals surface area contributed by atoms with E-state index in [1.165, 1.54) is 4.31 Å². The Labute approximate surface area is 113 Å². The van der Waals surface area contributed by atoms with E-state index < -0.39 is 10.2 Å². The fraction of sp³-hybridized carbons (Fsp3) is 0.273. The van der Waals surface area contributed by atoms with Crippen LogP contribution in [0.5, 0.6) is 0 Å². The number of benzene rings is 1. The Kier molecular flexibility index (Phi) is 2.74. The molecule has 2 aromatic rings. The molecule has 0 saturated heterocycles. The van der Waals surface area contributed by atoms with Gasteiger partial charge in [0.05, 0.1) is 5.52 Å². The number of aromatic nitrogens is 1. The number of aromatic amines is 1. The van der Waals surface area contributed by atoms with E-state index in [4.69, 9.17) is 5.14 Å². The Hall–Kier alpha value is -0.890. The molecule has 0 amide bonds. The molecule has 96 valence electrons. The lowest BCUT2D eigenvalue weighted by atomic mass is 10.1. The van der Waals surface area contributed by atoms with Crippen LogP contribution in [-0.2, 0) is 23.2 Å². The van der Waals surface area contributed by atoms with Crippen molar-refractivity contribution in [3.63, 3.8) is 0 Å². The van der Waals surface area contributed by atoms with Crippen LogP contribution in [0.15, 0.2) is 22.7 Å². The summed E-state index contributed by atoms with van der Waals surface area (Å²) in [4.78, 5) is 3.35. The molecule has 1 aliphatic heterocycles. The normalized spacial score (nSPS) is 17.0. The highest BCUT2D eigenvalue weighted by Gasteiger charge is 2.26. The van der Waals surface area contributed by atoms with Crippen molar-refractivity contribution in [1.82, 2.24) is 9.29 Å². The van der Waals surface area contributed by atoms with Gasteiger partial charge in [-0.1, -0.05) is 12.1 Å². The van der Waals surface area contributed by atoms with E-state index >= 15 is 0 Å². The third-order valence-electron chi connectivity index (χ3n) is 3.28. The first-order valence-electron chi connectivity index (χ1n) is 5.52. The van der Waals surface area contributed by atoms with Gasteiger partial charge in [-0.3, -0.25) is 0 Å². The molecule has 0 radical (unpaired) electrons. The summed E-state index contributed by atoms with van der Waals surface area (Å²) in [5.74, 6) is 0. The SMILES string of the molecule is NS(=O)(=O)N1CCc2[nH]c3c(Br)cccc3c2C1. The van der Waals surface area contributed by atoms with Gasteiger partial charge in [-0.25, -0.2) is 5.14 Å². The summed E-state index contributed by atoms with van der Waals surface area (Å²) < 4.78 is 25.1. The highest BCUT2D eigenvalue weighted by atomic mass is 79.9. The number of H-pyrrole nitrogens is 1. The summed E-state index contributed by atoms with van der Waals surface area (Å²) in [6.45, 7) is 0.765. The maximum absolute atomic E-state index is 11.4. The van der Waals surface area contributed by atoms with Crippen LogP contribution in [0.4, 0.5) is 0 Å². The van der Waals surface area contributed by atoms with E-state index in [0.717, 1.165) is 26.6 Å². The van der Waals surface area contributed by atoms with Gasteiger partial charge in [0.15, 0.2) is 0 Å². The molecular weight excluding hydrogens is 318 g/mol. The van der Waals surface area contributed by atoms with Crippen molar-refractivity contribution in [2.45, 2.75) is 13.0 Å². The molecule has 0 unspecified atom stereocenters. The number of rotatable bonds is 1. The van der Waals surface area contributed by atoms with Gasteiger partial charge in [-0.15, -0.1) is 0 Å². The van der Waals surface area contributed by atoms with Gasteiger partial charge < -0.3 is 4.98 Å². The number of nitrogens with zero attached hydrogens (tertiary/aromatic N) is 1. The molecule has 0 spiro atoms. The smallest absolute Gasteiger partial charge is 0.277 e. The zero-order valence-electron chi connectivity index (χ0n) is 9.48. The number of hydrogen-bond acceptors (Lipinski definition) is 2. The number of nitrogens with two attached hydrogens (primary N) is 1.